The molecule has 3 heterocycles. The average Bonchev–Trinajstić information content (AvgIpc) is 2.54. The zero-order valence-electron chi connectivity index (χ0n) is 11.7. The van der Waals surface area contributed by atoms with Gasteiger partial charge in [0.25, 0.3) is 0 Å². The molecular weight excluding hydrogens is 302 g/mol. The van der Waals surface area contributed by atoms with Crippen LogP contribution in [0.3, 0.4) is 0 Å². The second kappa shape index (κ2) is 5.94. The zero-order chi connectivity index (χ0) is 15.7. The summed E-state index contributed by atoms with van der Waals surface area (Å²) in [5.41, 5.74) is 6.22. The van der Waals surface area contributed by atoms with Crippen molar-refractivity contribution >= 4 is 23.6 Å². The summed E-state index contributed by atoms with van der Waals surface area (Å²) in [4.78, 5) is 24.4. The largest absolute Gasteiger partial charge is 0.543 e. The number of carboxylic acid groups (broad SMARTS) is 1. The fourth-order valence-corrected chi connectivity index (χ4v) is 3.79. The van der Waals surface area contributed by atoms with Gasteiger partial charge in [-0.25, -0.2) is 4.57 Å². The summed E-state index contributed by atoms with van der Waals surface area (Å²) in [6.45, 7) is 0.617. The van der Waals surface area contributed by atoms with Crippen LogP contribution in [0.15, 0.2) is 54.0 Å². The fraction of sp³-hybridized carbons (Fsp3) is 0.267. The molecule has 1 saturated heterocycles. The van der Waals surface area contributed by atoms with E-state index in [0.29, 0.717) is 17.9 Å². The van der Waals surface area contributed by atoms with Crippen molar-refractivity contribution in [2.24, 2.45) is 5.73 Å². The zero-order valence-corrected chi connectivity index (χ0v) is 12.5. The van der Waals surface area contributed by atoms with E-state index in [0.717, 1.165) is 0 Å². The summed E-state index contributed by atoms with van der Waals surface area (Å²) < 4.78 is 1.96. The highest BCUT2D eigenvalue weighted by molar-refractivity contribution is 8.00. The molecule has 0 aromatic carbocycles. The number of hydrogen-bond acceptors (Lipinski definition) is 5. The van der Waals surface area contributed by atoms with Crippen molar-refractivity contribution < 1.29 is 19.3 Å². The molecule has 22 heavy (non-hydrogen) atoms. The number of aliphatic carboxylic acids is 1. The van der Waals surface area contributed by atoms with Gasteiger partial charge >= 0.3 is 0 Å². The Hall–Kier alpha value is -2.12. The first-order chi connectivity index (χ1) is 10.6. The quantitative estimate of drug-likeness (QED) is 0.555. The van der Waals surface area contributed by atoms with Gasteiger partial charge in [0.15, 0.2) is 18.9 Å². The monoisotopic (exact) mass is 317 g/mol. The van der Waals surface area contributed by atoms with E-state index in [-0.39, 0.29) is 17.0 Å². The summed E-state index contributed by atoms with van der Waals surface area (Å²) >= 11 is 1.47. The predicted octanol–water partition coefficient (Wildman–Crippen LogP) is -1.22. The molecule has 6 nitrogen and oxygen atoms in total. The molecule has 1 amide bonds. The summed E-state index contributed by atoms with van der Waals surface area (Å²) in [5, 5.41) is 11.1. The Balaban J connectivity index is 1.81. The van der Waals surface area contributed by atoms with Gasteiger partial charge in [0.05, 0.1) is 11.7 Å². The first-order valence-corrected chi connectivity index (χ1v) is 7.90. The van der Waals surface area contributed by atoms with E-state index in [1.165, 1.54) is 16.7 Å². The maximum Gasteiger partial charge on any atom is 0.248 e. The predicted molar refractivity (Wildman–Crippen MR) is 78.9 cm³/mol. The molecule has 2 aliphatic heterocycles. The topological polar surface area (TPSA) is 90.3 Å². The first kappa shape index (κ1) is 14.8. The molecule has 0 unspecified atom stereocenters. The Labute approximate surface area is 131 Å². The van der Waals surface area contributed by atoms with Gasteiger partial charge in [-0.1, -0.05) is 12.1 Å². The maximum absolute atomic E-state index is 11.8. The Kier molecular flexibility index (Phi) is 4.00. The Morgan fingerprint density at radius 1 is 1.45 bits per heavy atom. The lowest BCUT2D eigenvalue weighted by atomic mass is 10.0. The van der Waals surface area contributed by atoms with Crippen LogP contribution in [0.1, 0.15) is 0 Å². The van der Waals surface area contributed by atoms with E-state index >= 15 is 0 Å². The molecule has 0 radical (unpaired) electrons. The number of pyridine rings is 1. The van der Waals surface area contributed by atoms with Crippen molar-refractivity contribution in [3.05, 3.63) is 54.0 Å². The number of thioether (sulfide) groups is 1. The number of carboxylic acids is 1. The second-order valence-corrected chi connectivity index (χ2v) is 6.18. The SMILES string of the molecule is N[C@@H]1C(=O)N2C(C(=O)[O-])=C(/C=C/C[n+]3ccccc3)CS[C@H]12. The highest BCUT2D eigenvalue weighted by Crippen LogP contribution is 2.39. The van der Waals surface area contributed by atoms with Crippen molar-refractivity contribution in [3.63, 3.8) is 0 Å². The van der Waals surface area contributed by atoms with Gasteiger partial charge in [-0.2, -0.15) is 0 Å². The van der Waals surface area contributed by atoms with Crippen LogP contribution in [0.25, 0.3) is 0 Å². The number of hydrogen-bond donors (Lipinski definition) is 1. The number of carbonyl (C=O) groups excluding carboxylic acids is 2. The smallest absolute Gasteiger partial charge is 0.248 e. The number of β-lactam (4-membered cyclic amide) rings is 1. The molecule has 0 bridgehead atoms. The van der Waals surface area contributed by atoms with Crippen molar-refractivity contribution in [1.29, 1.82) is 0 Å². The van der Waals surface area contributed by atoms with Gasteiger partial charge in [0, 0.05) is 17.9 Å². The summed E-state index contributed by atoms with van der Waals surface area (Å²) in [7, 11) is 0. The van der Waals surface area contributed by atoms with Crippen LogP contribution in [-0.4, -0.2) is 33.9 Å². The van der Waals surface area contributed by atoms with Crippen LogP contribution < -0.4 is 15.4 Å². The minimum absolute atomic E-state index is 0.0511. The molecule has 0 saturated carbocycles. The summed E-state index contributed by atoms with van der Waals surface area (Å²) in [6, 6.07) is 5.14. The van der Waals surface area contributed by atoms with Gasteiger partial charge in [0.2, 0.25) is 5.91 Å². The molecule has 114 valence electrons. The lowest BCUT2D eigenvalue weighted by molar-refractivity contribution is -0.687. The molecule has 7 heteroatoms. The van der Waals surface area contributed by atoms with E-state index in [1.807, 2.05) is 41.2 Å². The molecule has 2 atom stereocenters. The van der Waals surface area contributed by atoms with Crippen molar-refractivity contribution in [2.75, 3.05) is 5.75 Å². The van der Waals surface area contributed by atoms with Crippen LogP contribution in [0, 0.1) is 0 Å². The van der Waals surface area contributed by atoms with E-state index < -0.39 is 12.0 Å². The Morgan fingerprint density at radius 2 is 2.18 bits per heavy atom. The highest BCUT2D eigenvalue weighted by atomic mass is 32.2. The summed E-state index contributed by atoms with van der Waals surface area (Å²) in [6.07, 6.45) is 7.44. The van der Waals surface area contributed by atoms with Crippen molar-refractivity contribution in [2.45, 2.75) is 18.0 Å². The molecule has 0 aliphatic carbocycles. The number of aromatic nitrogens is 1. The third-order valence-corrected chi connectivity index (χ3v) is 4.97. The maximum atomic E-state index is 11.8. The van der Waals surface area contributed by atoms with Gasteiger partial charge < -0.3 is 15.6 Å². The average molecular weight is 317 g/mol. The second-order valence-electron chi connectivity index (χ2n) is 5.07. The van der Waals surface area contributed by atoms with Crippen molar-refractivity contribution in [1.82, 2.24) is 4.90 Å². The van der Waals surface area contributed by atoms with E-state index in [9.17, 15) is 14.7 Å². The number of fused-ring (bicyclic) bond motifs is 1. The number of nitrogens with two attached hydrogens (primary N) is 1. The highest BCUT2D eigenvalue weighted by Gasteiger charge is 2.49. The number of carbonyl (C=O) groups is 2. The van der Waals surface area contributed by atoms with E-state index in [2.05, 4.69) is 0 Å². The summed E-state index contributed by atoms with van der Waals surface area (Å²) in [5.74, 6) is -1.20. The van der Waals surface area contributed by atoms with Crippen LogP contribution in [0.4, 0.5) is 0 Å². The van der Waals surface area contributed by atoms with E-state index in [4.69, 9.17) is 5.73 Å². The third-order valence-electron chi connectivity index (χ3n) is 3.64. The van der Waals surface area contributed by atoms with Crippen LogP contribution in [-0.2, 0) is 16.1 Å². The van der Waals surface area contributed by atoms with Crippen molar-refractivity contribution in [3.8, 4) is 0 Å². The molecule has 1 aromatic heterocycles. The molecule has 2 N–H and O–H groups in total. The normalized spacial score (nSPS) is 24.4. The number of rotatable bonds is 4. The van der Waals surface area contributed by atoms with Gasteiger partial charge in [-0.05, 0) is 11.6 Å². The van der Waals surface area contributed by atoms with Crippen LogP contribution in [0.2, 0.25) is 0 Å². The number of nitrogens with zero attached hydrogens (tertiary/aromatic N) is 2. The van der Waals surface area contributed by atoms with E-state index in [1.54, 1.807) is 6.08 Å². The van der Waals surface area contributed by atoms with Crippen LogP contribution in [0.5, 0.6) is 0 Å². The minimum Gasteiger partial charge on any atom is -0.543 e. The lowest BCUT2D eigenvalue weighted by Crippen LogP contribution is -2.69. The number of amides is 1. The minimum atomic E-state index is -1.34. The molecule has 2 aliphatic rings. The van der Waals surface area contributed by atoms with Gasteiger partial charge in [-0.15, -0.1) is 11.8 Å². The molecular formula is C15H15N3O3S. The van der Waals surface area contributed by atoms with Crippen LogP contribution >= 0.6 is 11.8 Å². The molecule has 3 rings (SSSR count). The van der Waals surface area contributed by atoms with Gasteiger partial charge in [0.1, 0.15) is 11.4 Å². The lowest BCUT2D eigenvalue weighted by Gasteiger charge is -2.49. The standard InChI is InChI=1S/C15H15N3O3S/c16-11-13(19)18-12(15(20)21)10(9-22-14(11)18)5-4-8-17-6-2-1-3-7-17/h1-7,11,14H,8-9,16H2/b5-4+/t11-,14-/m1/s1. The molecule has 1 aromatic rings. The first-order valence-electron chi connectivity index (χ1n) is 6.85. The fourth-order valence-electron chi connectivity index (χ4n) is 2.53. The molecule has 1 fully saturated rings. The number of allylic oxidation sites excluding steroid dienone is 2. The Bertz CT molecular complexity index is 672. The molecule has 0 spiro atoms. The Morgan fingerprint density at radius 3 is 2.86 bits per heavy atom. The third kappa shape index (κ3) is 2.53. The van der Waals surface area contributed by atoms with Gasteiger partial charge in [-0.3, -0.25) is 9.69 Å².